The van der Waals surface area contributed by atoms with Crippen molar-refractivity contribution >= 4 is 11.6 Å². The molecule has 2 fully saturated rings. The molecular weight excluding hydrogens is 272 g/mol. The summed E-state index contributed by atoms with van der Waals surface area (Å²) in [5, 5.41) is 4.37. The molecular formula is C16H21ClN2O. The molecule has 0 bridgehead atoms. The average molecular weight is 293 g/mol. The molecule has 3 nitrogen and oxygen atoms in total. The van der Waals surface area contributed by atoms with Crippen LogP contribution in [-0.2, 0) is 13.0 Å². The van der Waals surface area contributed by atoms with Crippen LogP contribution in [0.2, 0.25) is 5.02 Å². The van der Waals surface area contributed by atoms with Gasteiger partial charge < -0.3 is 10.1 Å². The zero-order chi connectivity index (χ0) is 13.6. The van der Waals surface area contributed by atoms with E-state index >= 15 is 0 Å². The van der Waals surface area contributed by atoms with E-state index in [1.165, 1.54) is 50.1 Å². The summed E-state index contributed by atoms with van der Waals surface area (Å²) in [7, 11) is 0. The second-order valence-electron chi connectivity index (χ2n) is 6.54. The maximum Gasteiger partial charge on any atom is 0.127 e. The minimum Gasteiger partial charge on any atom is -0.493 e. The van der Waals surface area contributed by atoms with E-state index < -0.39 is 0 Å². The van der Waals surface area contributed by atoms with Crippen molar-refractivity contribution in [2.24, 2.45) is 5.41 Å². The number of rotatable bonds is 2. The largest absolute Gasteiger partial charge is 0.493 e. The number of ether oxygens (including phenoxy) is 1. The van der Waals surface area contributed by atoms with Crippen LogP contribution in [-0.4, -0.2) is 37.7 Å². The number of likely N-dealkylation sites (tertiary alicyclic amines) is 1. The van der Waals surface area contributed by atoms with Gasteiger partial charge in [0.25, 0.3) is 0 Å². The smallest absolute Gasteiger partial charge is 0.127 e. The van der Waals surface area contributed by atoms with Gasteiger partial charge in [-0.2, -0.15) is 0 Å². The Balaban J connectivity index is 1.53. The molecule has 1 spiro atoms. The fraction of sp³-hybridized carbons (Fsp3) is 0.625. The molecule has 0 amide bonds. The quantitative estimate of drug-likeness (QED) is 0.906. The van der Waals surface area contributed by atoms with Crippen LogP contribution >= 0.6 is 11.6 Å². The minimum absolute atomic E-state index is 0.530. The van der Waals surface area contributed by atoms with Gasteiger partial charge in [-0.1, -0.05) is 11.6 Å². The highest BCUT2D eigenvalue weighted by atomic mass is 35.5. The highest BCUT2D eigenvalue weighted by Gasteiger charge is 2.40. The summed E-state index contributed by atoms with van der Waals surface area (Å²) in [6, 6.07) is 4.14. The number of nitrogens with zero attached hydrogens (tertiary/aromatic N) is 1. The molecule has 0 radical (unpaired) electrons. The molecule has 0 aromatic heterocycles. The molecule has 3 aliphatic heterocycles. The molecule has 1 N–H and O–H groups in total. The Labute approximate surface area is 125 Å². The predicted octanol–water partition coefficient (Wildman–Crippen LogP) is 2.46. The highest BCUT2D eigenvalue weighted by Crippen LogP contribution is 2.39. The minimum atomic E-state index is 0.530. The van der Waals surface area contributed by atoms with Gasteiger partial charge in [-0.15, -0.1) is 0 Å². The first-order valence-corrected chi connectivity index (χ1v) is 7.99. The van der Waals surface area contributed by atoms with E-state index in [0.29, 0.717) is 5.41 Å². The van der Waals surface area contributed by atoms with Crippen molar-refractivity contribution in [3.05, 3.63) is 28.3 Å². The maximum atomic E-state index is 6.25. The molecule has 1 aromatic carbocycles. The van der Waals surface area contributed by atoms with Crippen LogP contribution in [0.5, 0.6) is 5.75 Å². The van der Waals surface area contributed by atoms with E-state index in [1.807, 2.05) is 0 Å². The standard InChI is InChI=1S/C16H21ClN2O/c17-14-7-12-1-6-20-15(12)13(8-14)9-19-5-3-16(11-19)2-4-18-10-16/h7-8,18H,1-6,9-11H2. The van der Waals surface area contributed by atoms with E-state index in [1.54, 1.807) is 0 Å². The van der Waals surface area contributed by atoms with E-state index in [-0.39, 0.29) is 0 Å². The van der Waals surface area contributed by atoms with Crippen LogP contribution in [0.3, 0.4) is 0 Å². The van der Waals surface area contributed by atoms with Gasteiger partial charge in [-0.3, -0.25) is 4.90 Å². The third-order valence-electron chi connectivity index (χ3n) is 5.07. The highest BCUT2D eigenvalue weighted by molar-refractivity contribution is 6.30. The van der Waals surface area contributed by atoms with E-state index in [4.69, 9.17) is 16.3 Å². The molecule has 20 heavy (non-hydrogen) atoms. The predicted molar refractivity (Wildman–Crippen MR) is 80.5 cm³/mol. The topological polar surface area (TPSA) is 24.5 Å². The number of hydrogen-bond donors (Lipinski definition) is 1. The van der Waals surface area contributed by atoms with Crippen LogP contribution in [0.15, 0.2) is 12.1 Å². The lowest BCUT2D eigenvalue weighted by Gasteiger charge is -2.23. The SMILES string of the molecule is Clc1cc2c(c(CN3CCC4(CCNC4)C3)c1)OCC2. The second-order valence-corrected chi connectivity index (χ2v) is 6.98. The van der Waals surface area contributed by atoms with Crippen molar-refractivity contribution in [2.45, 2.75) is 25.8 Å². The third kappa shape index (κ3) is 2.22. The number of fused-ring (bicyclic) bond motifs is 1. The van der Waals surface area contributed by atoms with Crippen LogP contribution in [0.4, 0.5) is 0 Å². The monoisotopic (exact) mass is 292 g/mol. The zero-order valence-electron chi connectivity index (χ0n) is 11.8. The number of nitrogens with one attached hydrogen (secondary N) is 1. The molecule has 108 valence electrons. The Morgan fingerprint density at radius 1 is 1.35 bits per heavy atom. The lowest BCUT2D eigenvalue weighted by Crippen LogP contribution is -2.29. The van der Waals surface area contributed by atoms with Crippen LogP contribution < -0.4 is 10.1 Å². The molecule has 2 saturated heterocycles. The van der Waals surface area contributed by atoms with Gasteiger partial charge >= 0.3 is 0 Å². The van der Waals surface area contributed by atoms with Gasteiger partial charge in [0.05, 0.1) is 6.61 Å². The summed E-state index contributed by atoms with van der Waals surface area (Å²) < 4.78 is 5.81. The Hall–Kier alpha value is -0.770. The fourth-order valence-electron chi connectivity index (χ4n) is 4.01. The van der Waals surface area contributed by atoms with Crippen LogP contribution in [0, 0.1) is 5.41 Å². The molecule has 1 unspecified atom stereocenters. The first kappa shape index (κ1) is 12.9. The van der Waals surface area contributed by atoms with Crippen molar-refractivity contribution < 1.29 is 4.74 Å². The zero-order valence-corrected chi connectivity index (χ0v) is 12.5. The molecule has 4 heteroatoms. The third-order valence-corrected chi connectivity index (χ3v) is 5.29. The van der Waals surface area contributed by atoms with Gasteiger partial charge in [0.15, 0.2) is 0 Å². The van der Waals surface area contributed by atoms with Gasteiger partial charge in [0.1, 0.15) is 5.75 Å². The summed E-state index contributed by atoms with van der Waals surface area (Å²) >= 11 is 6.25. The van der Waals surface area contributed by atoms with Crippen LogP contribution in [0.25, 0.3) is 0 Å². The lowest BCUT2D eigenvalue weighted by molar-refractivity contribution is 0.264. The Morgan fingerprint density at radius 2 is 2.30 bits per heavy atom. The van der Waals surface area contributed by atoms with E-state index in [9.17, 15) is 0 Å². The Kier molecular flexibility index (Phi) is 3.17. The van der Waals surface area contributed by atoms with Gasteiger partial charge in [0, 0.05) is 36.6 Å². The van der Waals surface area contributed by atoms with E-state index in [2.05, 4.69) is 22.3 Å². The first-order valence-electron chi connectivity index (χ1n) is 7.61. The summed E-state index contributed by atoms with van der Waals surface area (Å²) in [5.74, 6) is 1.10. The van der Waals surface area contributed by atoms with Gasteiger partial charge in [-0.25, -0.2) is 0 Å². The molecule has 1 atom stereocenters. The number of halogens is 1. The van der Waals surface area contributed by atoms with Crippen molar-refractivity contribution in [1.82, 2.24) is 10.2 Å². The van der Waals surface area contributed by atoms with Gasteiger partial charge in [-0.05, 0) is 49.0 Å². The summed E-state index contributed by atoms with van der Waals surface area (Å²) in [6.45, 7) is 6.56. The average Bonchev–Trinajstić information content (AvgIpc) is 3.12. The first-order chi connectivity index (χ1) is 9.74. The second kappa shape index (κ2) is 4.90. The normalized spacial score (nSPS) is 29.1. The van der Waals surface area contributed by atoms with Crippen molar-refractivity contribution in [2.75, 3.05) is 32.8 Å². The van der Waals surface area contributed by atoms with E-state index in [0.717, 1.165) is 30.3 Å². The maximum absolute atomic E-state index is 6.25. The molecule has 4 rings (SSSR count). The fourth-order valence-corrected chi connectivity index (χ4v) is 4.27. The van der Waals surface area contributed by atoms with Gasteiger partial charge in [0.2, 0.25) is 0 Å². The van der Waals surface area contributed by atoms with Crippen LogP contribution in [0.1, 0.15) is 24.0 Å². The number of benzene rings is 1. The van der Waals surface area contributed by atoms with Crippen molar-refractivity contribution in [3.8, 4) is 5.75 Å². The van der Waals surface area contributed by atoms with Crippen molar-refractivity contribution in [3.63, 3.8) is 0 Å². The molecule has 0 saturated carbocycles. The Morgan fingerprint density at radius 3 is 3.15 bits per heavy atom. The number of hydrogen-bond acceptors (Lipinski definition) is 3. The van der Waals surface area contributed by atoms with Crippen molar-refractivity contribution in [1.29, 1.82) is 0 Å². The molecule has 0 aliphatic carbocycles. The summed E-state index contributed by atoms with van der Waals surface area (Å²) in [6.07, 6.45) is 3.65. The molecule has 3 heterocycles. The summed E-state index contributed by atoms with van der Waals surface area (Å²) in [5.41, 5.74) is 3.08. The molecule has 1 aromatic rings. The Bertz CT molecular complexity index is 525. The lowest BCUT2D eigenvalue weighted by atomic mass is 9.86. The molecule has 3 aliphatic rings. The summed E-state index contributed by atoms with van der Waals surface area (Å²) in [4.78, 5) is 2.57.